The second-order valence-corrected chi connectivity index (χ2v) is 27.2. The molecule has 0 aliphatic heterocycles. The first-order chi connectivity index (χ1) is 24.1. The maximum atomic E-state index is 15.0. The second kappa shape index (κ2) is 21.9. The van der Waals surface area contributed by atoms with Gasteiger partial charge in [0, 0.05) is 0 Å². The Kier molecular flexibility index (Phi) is 19.6. The summed E-state index contributed by atoms with van der Waals surface area (Å²) in [5, 5.41) is 1.93. The first-order valence-electron chi connectivity index (χ1n) is 21.1. The minimum atomic E-state index is -2.94. The van der Waals surface area contributed by atoms with E-state index in [4.69, 9.17) is 9.05 Å². The van der Waals surface area contributed by atoms with Crippen molar-refractivity contribution in [2.24, 2.45) is 0 Å². The van der Waals surface area contributed by atoms with Gasteiger partial charge in [-0.15, -0.1) is 0 Å². The van der Waals surface area contributed by atoms with Crippen molar-refractivity contribution in [2.75, 3.05) is 49.3 Å². The van der Waals surface area contributed by atoms with E-state index >= 15 is 9.59 Å². The van der Waals surface area contributed by atoms with E-state index in [0.717, 1.165) is 163 Å². The van der Waals surface area contributed by atoms with Gasteiger partial charge in [0.05, 0.1) is 0 Å². The van der Waals surface area contributed by atoms with E-state index in [-0.39, 0.29) is 11.9 Å². The molecule has 288 valence electrons. The third-order valence-corrected chi connectivity index (χ3v) is 24.6. The number of rotatable bonds is 28. The molecular formula is C44H78O4P2. The van der Waals surface area contributed by atoms with Crippen molar-refractivity contribution in [3.8, 4) is 0 Å². The fourth-order valence-electron chi connectivity index (χ4n) is 8.32. The number of hydrogen-bond donors (Lipinski definition) is 0. The van der Waals surface area contributed by atoms with Gasteiger partial charge in [0.15, 0.2) is 0 Å². The van der Waals surface area contributed by atoms with Gasteiger partial charge < -0.3 is 0 Å². The van der Waals surface area contributed by atoms with Crippen molar-refractivity contribution in [1.29, 1.82) is 0 Å². The van der Waals surface area contributed by atoms with Crippen LogP contribution in [0.3, 0.4) is 0 Å². The summed E-state index contributed by atoms with van der Waals surface area (Å²) in [5.41, 5.74) is 0.828. The van der Waals surface area contributed by atoms with Crippen LogP contribution in [0.5, 0.6) is 0 Å². The molecule has 4 nitrogen and oxygen atoms in total. The molecule has 0 heterocycles. The summed E-state index contributed by atoms with van der Waals surface area (Å²) < 4.78 is 14.5. The van der Waals surface area contributed by atoms with E-state index in [1.807, 2.05) is 36.4 Å². The van der Waals surface area contributed by atoms with Crippen molar-refractivity contribution in [1.82, 2.24) is 0 Å². The molecule has 0 atom stereocenters. The van der Waals surface area contributed by atoms with Gasteiger partial charge in [-0.1, -0.05) is 0 Å². The molecule has 0 fully saturated rings. The number of carbonyl (C=O) groups excluding carboxylic acids is 2. The zero-order valence-corrected chi connectivity index (χ0v) is 35.8. The Morgan fingerprint density at radius 2 is 0.640 bits per heavy atom. The molecule has 0 saturated carbocycles. The van der Waals surface area contributed by atoms with Crippen LogP contribution in [0.4, 0.5) is 0 Å². The summed E-state index contributed by atoms with van der Waals surface area (Å²) in [4.78, 5) is 30.1. The molecule has 0 amide bonds. The average Bonchev–Trinajstić information content (AvgIpc) is 3.14. The first-order valence-corrected chi connectivity index (χ1v) is 26.9. The zero-order chi connectivity index (χ0) is 37.0. The fraction of sp³-hybridized carbons (Fsp3) is 0.727. The summed E-state index contributed by atoms with van der Waals surface area (Å²) in [7, 11) is 0. The van der Waals surface area contributed by atoms with Gasteiger partial charge in [-0.3, -0.25) is 0 Å². The van der Waals surface area contributed by atoms with Crippen LogP contribution in [0, 0.1) is 0 Å². The number of fused-ring (bicyclic) bond motifs is 1. The van der Waals surface area contributed by atoms with Crippen molar-refractivity contribution >= 4 is 36.4 Å². The van der Waals surface area contributed by atoms with Crippen LogP contribution in [0.25, 0.3) is 10.8 Å². The molecule has 2 rings (SSSR count). The van der Waals surface area contributed by atoms with E-state index in [1.165, 1.54) is 0 Å². The van der Waals surface area contributed by atoms with Crippen molar-refractivity contribution < 1.29 is 18.6 Å². The van der Waals surface area contributed by atoms with E-state index in [0.29, 0.717) is 11.1 Å². The Bertz CT molecular complexity index is 1120. The monoisotopic (exact) mass is 733 g/mol. The normalized spacial score (nSPS) is 13.8. The molecule has 2 aromatic carbocycles. The van der Waals surface area contributed by atoms with Gasteiger partial charge in [-0.05, 0) is 0 Å². The van der Waals surface area contributed by atoms with Crippen LogP contribution in [-0.4, -0.2) is 61.2 Å². The van der Waals surface area contributed by atoms with Crippen molar-refractivity contribution in [3.63, 3.8) is 0 Å². The van der Waals surface area contributed by atoms with Gasteiger partial charge >= 0.3 is 310 Å². The molecule has 0 radical (unpaired) electrons. The van der Waals surface area contributed by atoms with Crippen molar-refractivity contribution in [2.45, 2.75) is 158 Å². The van der Waals surface area contributed by atoms with Gasteiger partial charge in [-0.2, -0.15) is 0 Å². The van der Waals surface area contributed by atoms with E-state index in [2.05, 4.69) is 55.4 Å². The summed E-state index contributed by atoms with van der Waals surface area (Å²) in [6.07, 6.45) is 25.3. The Morgan fingerprint density at radius 1 is 0.420 bits per heavy atom. The molecule has 0 aliphatic rings. The maximum absolute atomic E-state index is 15.0. The predicted molar refractivity (Wildman–Crippen MR) is 227 cm³/mol. The molecular weight excluding hydrogens is 654 g/mol. The van der Waals surface area contributed by atoms with E-state index in [1.54, 1.807) is 0 Å². The zero-order valence-electron chi connectivity index (χ0n) is 34.0. The molecule has 0 saturated heterocycles. The second-order valence-electron chi connectivity index (χ2n) is 15.8. The number of unbranched alkanes of at least 4 members (excludes halogenated alkanes) is 8. The van der Waals surface area contributed by atoms with Gasteiger partial charge in [0.1, 0.15) is 0 Å². The van der Waals surface area contributed by atoms with Crippen LogP contribution < -0.4 is 0 Å². The van der Waals surface area contributed by atoms with E-state index in [9.17, 15) is 0 Å². The molecule has 0 aliphatic carbocycles. The van der Waals surface area contributed by atoms with Crippen LogP contribution >= 0.6 is 13.7 Å². The molecule has 50 heavy (non-hydrogen) atoms. The van der Waals surface area contributed by atoms with Crippen LogP contribution in [0.2, 0.25) is 0 Å². The van der Waals surface area contributed by atoms with Crippen molar-refractivity contribution in [3.05, 3.63) is 47.5 Å². The quantitative estimate of drug-likeness (QED) is 0.0818. The Hall–Kier alpha value is -1.50. The summed E-state index contributed by atoms with van der Waals surface area (Å²) in [5.74, 6) is -0.575. The molecule has 0 bridgehead atoms. The SMILES string of the molecule is CCCCP(CCCC)(CCCC)(CCCC)OC(=O)c1cc2ccccc2cc1C(=O)OP(CCCC)(CCCC)(CCCC)CCCC. The average molecular weight is 733 g/mol. The van der Waals surface area contributed by atoms with Crippen LogP contribution in [-0.2, 0) is 9.05 Å². The number of carbonyl (C=O) groups is 2. The Morgan fingerprint density at radius 3 is 0.840 bits per heavy atom. The molecule has 0 unspecified atom stereocenters. The summed E-state index contributed by atoms with van der Waals surface area (Å²) in [6, 6.07) is 12.0. The standard InChI is InChI=1S/C44H78O4P2/c1-9-17-29-49(30-18-10-2,31-19-11-3,32-20-12-4)47-43(45)41-37-39-27-25-26-28-40(39)38-42(41)44(46)48-50(33-21-13-5,34-22-14-6,35-23-15-7)36-24-16-8/h25-28,37-38H,9-24,29-36H2,1-8H3. The fourth-order valence-corrected chi connectivity index (χ4v) is 21.8. The minimum absolute atomic E-state index is 0.288. The van der Waals surface area contributed by atoms with E-state index < -0.39 is 13.7 Å². The molecule has 6 heteroatoms. The van der Waals surface area contributed by atoms with Crippen LogP contribution in [0.1, 0.15) is 179 Å². The topological polar surface area (TPSA) is 52.6 Å². The Labute approximate surface area is 309 Å². The number of hydrogen-bond acceptors (Lipinski definition) is 4. The predicted octanol–water partition coefficient (Wildman–Crippen LogP) is 14.5. The molecule has 0 aromatic heterocycles. The summed E-state index contributed by atoms with van der Waals surface area (Å²) >= 11 is 0. The molecule has 0 spiro atoms. The molecule has 0 N–H and O–H groups in total. The van der Waals surface area contributed by atoms with Crippen LogP contribution in [0.15, 0.2) is 36.4 Å². The van der Waals surface area contributed by atoms with Gasteiger partial charge in [0.2, 0.25) is 0 Å². The molecule has 2 aromatic rings. The Balaban J connectivity index is 2.87. The first kappa shape index (κ1) is 44.7. The summed E-state index contributed by atoms with van der Waals surface area (Å²) in [6.45, 7) is 12.2. The third kappa shape index (κ3) is 12.0. The third-order valence-electron chi connectivity index (χ3n) is 11.6. The number of benzene rings is 2. The van der Waals surface area contributed by atoms with Gasteiger partial charge in [0.25, 0.3) is 0 Å². The van der Waals surface area contributed by atoms with Gasteiger partial charge in [-0.25, -0.2) is 0 Å².